The zero-order chi connectivity index (χ0) is 24.0. The molecular formula is C28H33FN2O4. The molecule has 1 aromatic heterocycles. The molecule has 3 heterocycles. The largest absolute Gasteiger partial charge is 0.464 e. The summed E-state index contributed by atoms with van der Waals surface area (Å²) in [6.07, 6.45) is 5.58. The second-order valence-corrected chi connectivity index (χ2v) is 9.50. The predicted octanol–water partition coefficient (Wildman–Crippen LogP) is 4.76. The van der Waals surface area contributed by atoms with Gasteiger partial charge in [-0.15, -0.1) is 0 Å². The normalized spacial score (nSPS) is 18.2. The van der Waals surface area contributed by atoms with Gasteiger partial charge in [0, 0.05) is 44.0 Å². The Kier molecular flexibility index (Phi) is 7.76. The minimum Gasteiger partial charge on any atom is -0.464 e. The second-order valence-electron chi connectivity index (χ2n) is 9.50. The molecule has 2 fully saturated rings. The van der Waals surface area contributed by atoms with Crippen LogP contribution in [-0.2, 0) is 27.2 Å². The van der Waals surface area contributed by atoms with E-state index >= 15 is 0 Å². The van der Waals surface area contributed by atoms with Crippen LogP contribution in [0.3, 0.4) is 0 Å². The first-order valence-electron chi connectivity index (χ1n) is 12.6. The van der Waals surface area contributed by atoms with Gasteiger partial charge in [0.2, 0.25) is 5.91 Å². The maximum atomic E-state index is 13.6. The standard InChI is InChI=1S/C28H33FN2O4/c29-24-5-2-21(3-6-24)20-31(27(32)19-22-4-7-26-23(18-22)11-17-33-26)25-8-12-30(13-9-25)14-10-28-34-15-1-16-35-28/h2-7,11,17-18,25,28H,1,8-10,12-16,19-20H2. The monoisotopic (exact) mass is 480 g/mol. The second kappa shape index (κ2) is 11.3. The number of amides is 1. The molecule has 0 N–H and O–H groups in total. The van der Waals surface area contributed by atoms with E-state index in [9.17, 15) is 9.18 Å². The Morgan fingerprint density at radius 3 is 2.51 bits per heavy atom. The summed E-state index contributed by atoms with van der Waals surface area (Å²) in [5.41, 5.74) is 2.73. The predicted molar refractivity (Wildman–Crippen MR) is 131 cm³/mol. The van der Waals surface area contributed by atoms with E-state index in [1.54, 1.807) is 18.4 Å². The number of halogens is 1. The lowest BCUT2D eigenvalue weighted by molar-refractivity contribution is -0.182. The molecule has 0 bridgehead atoms. The average Bonchev–Trinajstić information content (AvgIpc) is 3.36. The van der Waals surface area contributed by atoms with Crippen molar-refractivity contribution < 1.29 is 23.1 Å². The zero-order valence-corrected chi connectivity index (χ0v) is 20.0. The molecule has 2 saturated heterocycles. The Morgan fingerprint density at radius 1 is 1.00 bits per heavy atom. The van der Waals surface area contributed by atoms with Crippen LogP contribution >= 0.6 is 0 Å². The lowest BCUT2D eigenvalue weighted by atomic mass is 10.00. The number of carbonyl (C=O) groups is 1. The molecule has 0 aliphatic carbocycles. The van der Waals surface area contributed by atoms with Crippen molar-refractivity contribution in [3.05, 3.63) is 71.7 Å². The number of hydrogen-bond acceptors (Lipinski definition) is 5. The third-order valence-electron chi connectivity index (χ3n) is 7.03. The van der Waals surface area contributed by atoms with Crippen molar-refractivity contribution in [3.63, 3.8) is 0 Å². The minimum atomic E-state index is -0.265. The van der Waals surface area contributed by atoms with Crippen LogP contribution in [0, 0.1) is 5.82 Å². The fourth-order valence-electron chi connectivity index (χ4n) is 5.06. The quantitative estimate of drug-likeness (QED) is 0.465. The van der Waals surface area contributed by atoms with E-state index in [4.69, 9.17) is 13.9 Å². The SMILES string of the molecule is O=C(Cc1ccc2occc2c1)N(Cc1ccc(F)cc1)C1CCN(CCC2OCCCO2)CC1. The molecule has 7 heteroatoms. The smallest absolute Gasteiger partial charge is 0.227 e. The number of fused-ring (bicyclic) bond motifs is 1. The minimum absolute atomic E-state index is 0.0920. The van der Waals surface area contributed by atoms with Gasteiger partial charge in [0.1, 0.15) is 11.4 Å². The molecule has 0 spiro atoms. The number of piperidine rings is 1. The van der Waals surface area contributed by atoms with Crippen molar-refractivity contribution in [3.8, 4) is 0 Å². The van der Waals surface area contributed by atoms with Gasteiger partial charge in [-0.2, -0.15) is 0 Å². The average molecular weight is 481 g/mol. The number of furan rings is 1. The van der Waals surface area contributed by atoms with E-state index in [-0.39, 0.29) is 24.1 Å². The van der Waals surface area contributed by atoms with Crippen LogP contribution in [-0.4, -0.2) is 60.9 Å². The van der Waals surface area contributed by atoms with Crippen molar-refractivity contribution in [1.29, 1.82) is 0 Å². The zero-order valence-electron chi connectivity index (χ0n) is 20.0. The first-order chi connectivity index (χ1) is 17.1. The maximum Gasteiger partial charge on any atom is 0.227 e. The van der Waals surface area contributed by atoms with Crippen molar-refractivity contribution in [2.24, 2.45) is 0 Å². The number of carbonyl (C=O) groups excluding carboxylic acids is 1. The van der Waals surface area contributed by atoms with Gasteiger partial charge in [0.15, 0.2) is 6.29 Å². The third kappa shape index (κ3) is 6.28. The Bertz CT molecular complexity index is 1100. The van der Waals surface area contributed by atoms with Gasteiger partial charge in [-0.05, 0) is 60.7 Å². The van der Waals surface area contributed by atoms with Gasteiger partial charge < -0.3 is 23.7 Å². The van der Waals surface area contributed by atoms with Gasteiger partial charge in [-0.25, -0.2) is 4.39 Å². The van der Waals surface area contributed by atoms with E-state index in [0.29, 0.717) is 13.0 Å². The Labute approximate surface area is 205 Å². The Morgan fingerprint density at radius 2 is 1.74 bits per heavy atom. The molecule has 0 atom stereocenters. The molecule has 0 unspecified atom stereocenters. The number of rotatable bonds is 8. The van der Waals surface area contributed by atoms with Crippen LogP contribution in [0.2, 0.25) is 0 Å². The highest BCUT2D eigenvalue weighted by atomic mass is 19.1. The summed E-state index contributed by atoms with van der Waals surface area (Å²) < 4.78 is 30.3. The molecule has 1 amide bonds. The number of benzene rings is 2. The molecule has 186 valence electrons. The van der Waals surface area contributed by atoms with E-state index in [1.807, 2.05) is 29.2 Å². The van der Waals surface area contributed by atoms with E-state index in [1.165, 1.54) is 12.1 Å². The van der Waals surface area contributed by atoms with Crippen LogP contribution in [0.5, 0.6) is 0 Å². The van der Waals surface area contributed by atoms with E-state index < -0.39 is 0 Å². The summed E-state index contributed by atoms with van der Waals surface area (Å²) in [6, 6.07) is 14.4. The molecule has 5 rings (SSSR count). The van der Waals surface area contributed by atoms with Crippen molar-refractivity contribution >= 4 is 16.9 Å². The van der Waals surface area contributed by atoms with Crippen LogP contribution in [0.1, 0.15) is 36.8 Å². The van der Waals surface area contributed by atoms with Gasteiger partial charge in [-0.1, -0.05) is 18.2 Å². The van der Waals surface area contributed by atoms with Crippen LogP contribution in [0.15, 0.2) is 59.2 Å². The highest BCUT2D eigenvalue weighted by molar-refractivity contribution is 5.82. The lowest BCUT2D eigenvalue weighted by Gasteiger charge is -2.39. The molecule has 0 radical (unpaired) electrons. The van der Waals surface area contributed by atoms with Gasteiger partial charge in [0.05, 0.1) is 25.9 Å². The number of ether oxygens (including phenoxy) is 2. The van der Waals surface area contributed by atoms with Gasteiger partial charge in [0.25, 0.3) is 0 Å². The molecular weight excluding hydrogens is 447 g/mol. The number of nitrogens with zero attached hydrogens (tertiary/aromatic N) is 2. The Hall–Kier alpha value is -2.74. The van der Waals surface area contributed by atoms with Crippen molar-refractivity contribution in [2.45, 2.75) is 51.0 Å². The molecule has 6 nitrogen and oxygen atoms in total. The lowest BCUT2D eigenvalue weighted by Crippen LogP contribution is -2.48. The Balaban J connectivity index is 1.23. The molecule has 2 aliphatic rings. The number of hydrogen-bond donors (Lipinski definition) is 0. The van der Waals surface area contributed by atoms with E-state index in [0.717, 1.165) is 80.6 Å². The molecule has 35 heavy (non-hydrogen) atoms. The topological polar surface area (TPSA) is 55.2 Å². The van der Waals surface area contributed by atoms with Gasteiger partial charge >= 0.3 is 0 Å². The highest BCUT2D eigenvalue weighted by Crippen LogP contribution is 2.23. The summed E-state index contributed by atoms with van der Waals surface area (Å²) in [5, 5.41) is 1.000. The van der Waals surface area contributed by atoms with Crippen LogP contribution in [0.4, 0.5) is 4.39 Å². The van der Waals surface area contributed by atoms with Gasteiger partial charge in [-0.3, -0.25) is 4.79 Å². The van der Waals surface area contributed by atoms with E-state index in [2.05, 4.69) is 4.90 Å². The third-order valence-corrected chi connectivity index (χ3v) is 7.03. The highest BCUT2D eigenvalue weighted by Gasteiger charge is 2.29. The molecule has 2 aromatic carbocycles. The first-order valence-corrected chi connectivity index (χ1v) is 12.6. The molecule has 2 aliphatic heterocycles. The fraction of sp³-hybridized carbons (Fsp3) is 0.464. The summed E-state index contributed by atoms with van der Waals surface area (Å²) in [7, 11) is 0. The summed E-state index contributed by atoms with van der Waals surface area (Å²) >= 11 is 0. The number of likely N-dealkylation sites (tertiary alicyclic amines) is 1. The maximum absolute atomic E-state index is 13.6. The molecule has 3 aromatic rings. The first kappa shape index (κ1) is 24.0. The van der Waals surface area contributed by atoms with Crippen LogP contribution in [0.25, 0.3) is 11.0 Å². The summed E-state index contributed by atoms with van der Waals surface area (Å²) in [6.45, 7) is 4.86. The van der Waals surface area contributed by atoms with Crippen molar-refractivity contribution in [2.75, 3.05) is 32.8 Å². The molecule has 0 saturated carbocycles. The summed E-state index contributed by atoms with van der Waals surface area (Å²) in [4.78, 5) is 18.0. The summed E-state index contributed by atoms with van der Waals surface area (Å²) in [5.74, 6) is -0.168. The van der Waals surface area contributed by atoms with Crippen LogP contribution < -0.4 is 0 Å². The fourth-order valence-corrected chi connectivity index (χ4v) is 5.06. The van der Waals surface area contributed by atoms with Crippen molar-refractivity contribution in [1.82, 2.24) is 9.80 Å².